The van der Waals surface area contributed by atoms with Crippen molar-refractivity contribution in [3.8, 4) is 17.2 Å². The van der Waals surface area contributed by atoms with E-state index in [9.17, 15) is 9.59 Å². The summed E-state index contributed by atoms with van der Waals surface area (Å²) in [6.45, 7) is 5.43. The lowest BCUT2D eigenvalue weighted by molar-refractivity contribution is -0.132. The van der Waals surface area contributed by atoms with Gasteiger partial charge in [0.2, 0.25) is 5.91 Å². The third-order valence-electron chi connectivity index (χ3n) is 5.95. The van der Waals surface area contributed by atoms with Crippen LogP contribution < -0.4 is 19.5 Å². The molecule has 0 aliphatic carbocycles. The van der Waals surface area contributed by atoms with Crippen LogP contribution in [-0.4, -0.2) is 62.7 Å². The second-order valence-electron chi connectivity index (χ2n) is 9.24. The maximum Gasteiger partial charge on any atom is 0.322 e. The number of para-hydroxylation sites is 2. The van der Waals surface area contributed by atoms with Crippen molar-refractivity contribution in [2.75, 3.05) is 46.3 Å². The predicted molar refractivity (Wildman–Crippen MR) is 151 cm³/mol. The van der Waals surface area contributed by atoms with Gasteiger partial charge in [0.25, 0.3) is 0 Å². The molecule has 0 aliphatic rings. The van der Waals surface area contributed by atoms with Gasteiger partial charge >= 0.3 is 6.03 Å². The van der Waals surface area contributed by atoms with Crippen molar-refractivity contribution in [1.29, 1.82) is 0 Å². The van der Waals surface area contributed by atoms with Gasteiger partial charge < -0.3 is 29.3 Å². The number of anilines is 1. The number of thiophene rings is 1. The van der Waals surface area contributed by atoms with Crippen molar-refractivity contribution >= 4 is 29.0 Å². The molecule has 1 heterocycles. The third-order valence-corrected chi connectivity index (χ3v) is 6.81. The number of carbonyl (C=O) groups is 2. The van der Waals surface area contributed by atoms with E-state index >= 15 is 0 Å². The summed E-state index contributed by atoms with van der Waals surface area (Å²) in [6.07, 6.45) is 0.634. The van der Waals surface area contributed by atoms with Gasteiger partial charge in [0, 0.05) is 18.0 Å². The Bertz CT molecular complexity index is 1180. The van der Waals surface area contributed by atoms with E-state index in [-0.39, 0.29) is 24.4 Å². The van der Waals surface area contributed by atoms with Crippen LogP contribution in [0.3, 0.4) is 0 Å². The van der Waals surface area contributed by atoms with E-state index in [1.807, 2.05) is 66.6 Å². The molecule has 0 aliphatic heterocycles. The molecule has 204 valence electrons. The van der Waals surface area contributed by atoms with Crippen molar-refractivity contribution in [3.05, 3.63) is 70.4 Å². The van der Waals surface area contributed by atoms with Gasteiger partial charge in [-0.05, 0) is 53.6 Å². The molecule has 3 amide bonds. The maximum absolute atomic E-state index is 13.6. The van der Waals surface area contributed by atoms with E-state index < -0.39 is 0 Å². The summed E-state index contributed by atoms with van der Waals surface area (Å²) in [5.74, 6) is 1.94. The summed E-state index contributed by atoms with van der Waals surface area (Å²) in [5.41, 5.74) is 1.59. The molecule has 8 nitrogen and oxygen atoms in total. The normalized spacial score (nSPS) is 10.7. The molecule has 2 aromatic carbocycles. The fraction of sp³-hybridized carbons (Fsp3) is 0.379. The van der Waals surface area contributed by atoms with Crippen molar-refractivity contribution in [2.45, 2.75) is 26.8 Å². The molecule has 3 aromatic rings. The lowest BCUT2D eigenvalue weighted by Crippen LogP contribution is -2.46. The van der Waals surface area contributed by atoms with Crippen LogP contribution in [0.1, 0.15) is 24.3 Å². The van der Waals surface area contributed by atoms with Crippen molar-refractivity contribution < 1.29 is 23.8 Å². The van der Waals surface area contributed by atoms with Crippen LogP contribution in [0.5, 0.6) is 17.2 Å². The Balaban J connectivity index is 1.76. The van der Waals surface area contributed by atoms with Gasteiger partial charge in [0.05, 0.1) is 33.6 Å². The largest absolute Gasteiger partial charge is 0.495 e. The Kier molecular flexibility index (Phi) is 10.8. The highest BCUT2D eigenvalue weighted by Gasteiger charge is 2.23. The van der Waals surface area contributed by atoms with Gasteiger partial charge in [0.1, 0.15) is 12.3 Å². The van der Waals surface area contributed by atoms with Crippen LogP contribution >= 0.6 is 11.3 Å². The number of nitrogens with zero attached hydrogens (tertiary/aromatic N) is 2. The summed E-state index contributed by atoms with van der Waals surface area (Å²) in [5, 5.41) is 4.90. The number of nitrogens with one attached hydrogen (secondary N) is 1. The minimum absolute atomic E-state index is 0.0313. The minimum Gasteiger partial charge on any atom is -0.495 e. The highest BCUT2D eigenvalue weighted by Crippen LogP contribution is 2.28. The number of urea groups is 1. The fourth-order valence-corrected chi connectivity index (χ4v) is 4.77. The van der Waals surface area contributed by atoms with Crippen molar-refractivity contribution in [3.63, 3.8) is 0 Å². The fourth-order valence-electron chi connectivity index (χ4n) is 4.05. The van der Waals surface area contributed by atoms with Crippen LogP contribution in [0, 0.1) is 5.92 Å². The Morgan fingerprint density at radius 3 is 2.29 bits per heavy atom. The van der Waals surface area contributed by atoms with Crippen molar-refractivity contribution in [1.82, 2.24) is 9.80 Å². The summed E-state index contributed by atoms with van der Waals surface area (Å²) in [6, 6.07) is 16.6. The van der Waals surface area contributed by atoms with E-state index in [0.29, 0.717) is 49.0 Å². The van der Waals surface area contributed by atoms with Gasteiger partial charge in [-0.3, -0.25) is 4.79 Å². The molecule has 0 spiro atoms. The standard InChI is InChI=1S/C29H37N3O5S/c1-21(2)18-32(29(34)30-24-10-6-7-11-25(24)35-3)20-28(33)31(19-23-9-8-16-38-23)15-14-22-12-13-26(36-4)27(17-22)37-5/h6-13,16-17,21H,14-15,18-20H2,1-5H3,(H,30,34). The van der Waals surface area contributed by atoms with Gasteiger partial charge in [-0.15, -0.1) is 11.3 Å². The van der Waals surface area contributed by atoms with Gasteiger partial charge in [-0.25, -0.2) is 4.79 Å². The quantitative estimate of drug-likeness (QED) is 0.309. The zero-order valence-electron chi connectivity index (χ0n) is 22.7. The SMILES string of the molecule is COc1ccccc1NC(=O)N(CC(=O)N(CCc1ccc(OC)c(OC)c1)Cc1cccs1)CC(C)C. The lowest BCUT2D eigenvalue weighted by Gasteiger charge is -2.29. The van der Waals surface area contributed by atoms with Gasteiger partial charge in [0.15, 0.2) is 11.5 Å². The number of methoxy groups -OCH3 is 3. The van der Waals surface area contributed by atoms with E-state index in [4.69, 9.17) is 14.2 Å². The molecule has 0 saturated heterocycles. The van der Waals surface area contributed by atoms with Crippen LogP contribution in [0.2, 0.25) is 0 Å². The van der Waals surface area contributed by atoms with Crippen LogP contribution in [0.25, 0.3) is 0 Å². The Hall–Kier alpha value is -3.72. The number of hydrogen-bond acceptors (Lipinski definition) is 6. The first-order valence-corrected chi connectivity index (χ1v) is 13.4. The first-order chi connectivity index (χ1) is 18.3. The smallest absolute Gasteiger partial charge is 0.322 e. The second kappa shape index (κ2) is 14.3. The molecular formula is C29H37N3O5S. The summed E-state index contributed by atoms with van der Waals surface area (Å²) >= 11 is 1.61. The first-order valence-electron chi connectivity index (χ1n) is 12.5. The molecular weight excluding hydrogens is 502 g/mol. The highest BCUT2D eigenvalue weighted by molar-refractivity contribution is 7.09. The molecule has 1 N–H and O–H groups in total. The molecule has 0 fully saturated rings. The minimum atomic E-state index is -0.340. The topological polar surface area (TPSA) is 80.3 Å². The van der Waals surface area contributed by atoms with Gasteiger partial charge in [-0.2, -0.15) is 0 Å². The molecule has 0 bridgehead atoms. The zero-order chi connectivity index (χ0) is 27.5. The monoisotopic (exact) mass is 539 g/mol. The maximum atomic E-state index is 13.6. The number of benzene rings is 2. The Morgan fingerprint density at radius 2 is 1.63 bits per heavy atom. The Morgan fingerprint density at radius 1 is 0.895 bits per heavy atom. The van der Waals surface area contributed by atoms with Crippen LogP contribution in [0.15, 0.2) is 60.0 Å². The molecule has 0 atom stereocenters. The summed E-state index contributed by atoms with van der Waals surface area (Å²) < 4.78 is 16.1. The Labute approximate surface area is 229 Å². The molecule has 9 heteroatoms. The molecule has 0 saturated carbocycles. The van der Waals surface area contributed by atoms with E-state index in [1.165, 1.54) is 0 Å². The first kappa shape index (κ1) is 28.8. The number of carbonyl (C=O) groups excluding carboxylic acids is 2. The summed E-state index contributed by atoms with van der Waals surface area (Å²) in [4.78, 5) is 31.4. The van der Waals surface area contributed by atoms with E-state index in [0.717, 1.165) is 10.4 Å². The zero-order valence-corrected chi connectivity index (χ0v) is 23.5. The number of hydrogen-bond donors (Lipinski definition) is 1. The highest BCUT2D eigenvalue weighted by atomic mass is 32.1. The lowest BCUT2D eigenvalue weighted by atomic mass is 10.1. The average Bonchev–Trinajstić information content (AvgIpc) is 3.43. The van der Waals surface area contributed by atoms with Gasteiger partial charge in [-0.1, -0.05) is 38.1 Å². The van der Waals surface area contributed by atoms with Crippen molar-refractivity contribution in [2.24, 2.45) is 5.92 Å². The molecule has 3 rings (SSSR count). The van der Waals surface area contributed by atoms with E-state index in [2.05, 4.69) is 5.32 Å². The number of rotatable bonds is 13. The van der Waals surface area contributed by atoms with Crippen LogP contribution in [0.4, 0.5) is 10.5 Å². The third kappa shape index (κ3) is 8.14. The predicted octanol–water partition coefficient (Wildman–Crippen LogP) is 5.54. The number of ether oxygens (including phenoxy) is 3. The molecule has 0 unspecified atom stereocenters. The molecule has 0 radical (unpaired) electrons. The molecule has 38 heavy (non-hydrogen) atoms. The number of amides is 3. The van der Waals surface area contributed by atoms with E-state index in [1.54, 1.807) is 49.7 Å². The molecule has 1 aromatic heterocycles. The second-order valence-corrected chi connectivity index (χ2v) is 10.3. The summed E-state index contributed by atoms with van der Waals surface area (Å²) in [7, 11) is 4.76. The average molecular weight is 540 g/mol. The van der Waals surface area contributed by atoms with Crippen LogP contribution in [-0.2, 0) is 17.8 Å².